The summed E-state index contributed by atoms with van der Waals surface area (Å²) in [5.74, 6) is 0.538. The number of aryl methyl sites for hydroxylation is 1. The van der Waals surface area contributed by atoms with Gasteiger partial charge in [-0.25, -0.2) is 8.42 Å². The molecule has 2 aromatic rings. The summed E-state index contributed by atoms with van der Waals surface area (Å²) in [7, 11) is -3.66. The van der Waals surface area contributed by atoms with E-state index in [4.69, 9.17) is 0 Å². The number of rotatable bonds is 3. The van der Waals surface area contributed by atoms with Crippen LogP contribution in [0, 0.1) is 5.92 Å². The molecule has 0 bridgehead atoms. The molecule has 0 spiro atoms. The van der Waals surface area contributed by atoms with Gasteiger partial charge in [0.2, 0.25) is 5.91 Å². The Labute approximate surface area is 167 Å². The lowest BCUT2D eigenvalue weighted by Gasteiger charge is -2.29. The third-order valence-corrected chi connectivity index (χ3v) is 7.69. The molecule has 0 aliphatic carbocycles. The number of amides is 1. The fraction of sp³-hybridized carbons (Fsp3) is 0.409. The van der Waals surface area contributed by atoms with Gasteiger partial charge in [0.25, 0.3) is 10.0 Å². The highest BCUT2D eigenvalue weighted by Crippen LogP contribution is 2.43. The normalized spacial score (nSPS) is 18.9. The number of anilines is 2. The van der Waals surface area contributed by atoms with Gasteiger partial charge in [0.15, 0.2) is 0 Å². The maximum absolute atomic E-state index is 13.5. The van der Waals surface area contributed by atoms with E-state index in [9.17, 15) is 13.2 Å². The average molecular weight is 399 g/mol. The van der Waals surface area contributed by atoms with E-state index in [0.29, 0.717) is 23.9 Å². The standard InChI is InChI=1S/C22H26N2O3S/c1-15(2)20-14-24(22-9-5-4-8-19(20)22)28(26,27)18-10-11-21-17(13-18)7-6-12-23(21)16(3)25/h4-5,8-11,13,15,20H,6-7,12,14H2,1-3H3. The van der Waals surface area contributed by atoms with Crippen LogP contribution in [0.15, 0.2) is 47.4 Å². The van der Waals surface area contributed by atoms with Crippen molar-refractivity contribution in [3.8, 4) is 0 Å². The zero-order valence-electron chi connectivity index (χ0n) is 16.6. The molecule has 2 aromatic carbocycles. The number of carbonyl (C=O) groups is 1. The molecule has 2 aliphatic rings. The molecule has 0 fully saturated rings. The molecule has 5 nitrogen and oxygen atoms in total. The number of carbonyl (C=O) groups excluding carboxylic acids is 1. The number of sulfonamides is 1. The Kier molecular flexibility index (Phi) is 4.70. The highest BCUT2D eigenvalue weighted by molar-refractivity contribution is 7.92. The van der Waals surface area contributed by atoms with E-state index >= 15 is 0 Å². The molecule has 6 heteroatoms. The van der Waals surface area contributed by atoms with Crippen LogP contribution in [0.2, 0.25) is 0 Å². The minimum atomic E-state index is -3.66. The molecule has 1 atom stereocenters. The van der Waals surface area contributed by atoms with Crippen molar-refractivity contribution in [1.82, 2.24) is 0 Å². The van der Waals surface area contributed by atoms with Gasteiger partial charge in [-0.05, 0) is 54.2 Å². The quantitative estimate of drug-likeness (QED) is 0.787. The molecule has 1 amide bonds. The molecule has 0 saturated carbocycles. The van der Waals surface area contributed by atoms with Gasteiger partial charge in [0, 0.05) is 31.6 Å². The SMILES string of the molecule is CC(=O)N1CCCc2cc(S(=O)(=O)N3CC(C(C)C)c4ccccc43)ccc21. The molecule has 1 unspecified atom stereocenters. The predicted octanol–water partition coefficient (Wildman–Crippen LogP) is 3.93. The lowest BCUT2D eigenvalue weighted by molar-refractivity contribution is -0.116. The number of benzene rings is 2. The van der Waals surface area contributed by atoms with E-state index in [-0.39, 0.29) is 11.8 Å². The summed E-state index contributed by atoms with van der Waals surface area (Å²) in [6.07, 6.45) is 1.63. The zero-order chi connectivity index (χ0) is 20.1. The van der Waals surface area contributed by atoms with E-state index in [1.54, 1.807) is 34.3 Å². The number of hydrogen-bond donors (Lipinski definition) is 0. The molecule has 4 rings (SSSR count). The third kappa shape index (κ3) is 3.00. The zero-order valence-corrected chi connectivity index (χ0v) is 17.4. The van der Waals surface area contributed by atoms with E-state index in [0.717, 1.165) is 35.3 Å². The summed E-state index contributed by atoms with van der Waals surface area (Å²) in [6.45, 7) is 6.96. The van der Waals surface area contributed by atoms with Crippen LogP contribution in [0.5, 0.6) is 0 Å². The lowest BCUT2D eigenvalue weighted by atomic mass is 9.90. The van der Waals surface area contributed by atoms with Crippen LogP contribution in [0.3, 0.4) is 0 Å². The Bertz CT molecular complexity index is 1030. The van der Waals surface area contributed by atoms with Crippen molar-refractivity contribution in [2.75, 3.05) is 22.3 Å². The first kappa shape index (κ1) is 19.0. The van der Waals surface area contributed by atoms with Crippen molar-refractivity contribution in [3.05, 3.63) is 53.6 Å². The summed E-state index contributed by atoms with van der Waals surface area (Å²) in [4.78, 5) is 13.9. The van der Waals surface area contributed by atoms with Gasteiger partial charge in [-0.3, -0.25) is 9.10 Å². The van der Waals surface area contributed by atoms with Crippen LogP contribution in [-0.4, -0.2) is 27.4 Å². The fourth-order valence-corrected chi connectivity index (χ4v) is 5.96. The summed E-state index contributed by atoms with van der Waals surface area (Å²) in [5.41, 5.74) is 3.64. The number of para-hydroxylation sites is 1. The van der Waals surface area contributed by atoms with Crippen LogP contribution in [0.4, 0.5) is 11.4 Å². The first-order chi connectivity index (χ1) is 13.3. The Morgan fingerprint density at radius 3 is 2.57 bits per heavy atom. The van der Waals surface area contributed by atoms with Gasteiger partial charge < -0.3 is 4.90 Å². The maximum atomic E-state index is 13.5. The van der Waals surface area contributed by atoms with Gasteiger partial charge >= 0.3 is 0 Å². The number of fused-ring (bicyclic) bond motifs is 2. The van der Waals surface area contributed by atoms with E-state index in [1.165, 1.54) is 0 Å². The number of hydrogen-bond acceptors (Lipinski definition) is 3. The Morgan fingerprint density at radius 1 is 1.11 bits per heavy atom. The second kappa shape index (κ2) is 6.92. The molecule has 0 N–H and O–H groups in total. The van der Waals surface area contributed by atoms with Crippen molar-refractivity contribution in [3.63, 3.8) is 0 Å². The second-order valence-electron chi connectivity index (χ2n) is 8.01. The smallest absolute Gasteiger partial charge is 0.264 e. The number of nitrogens with zero attached hydrogens (tertiary/aromatic N) is 2. The highest BCUT2D eigenvalue weighted by atomic mass is 32.2. The molecule has 0 radical (unpaired) electrons. The molecular weight excluding hydrogens is 372 g/mol. The van der Waals surface area contributed by atoms with Crippen molar-refractivity contribution >= 4 is 27.3 Å². The Balaban J connectivity index is 1.75. The molecule has 2 heterocycles. The van der Waals surface area contributed by atoms with E-state index in [2.05, 4.69) is 13.8 Å². The van der Waals surface area contributed by atoms with Crippen molar-refractivity contribution in [2.24, 2.45) is 5.92 Å². The van der Waals surface area contributed by atoms with Crippen molar-refractivity contribution in [1.29, 1.82) is 0 Å². The fourth-order valence-electron chi connectivity index (χ4n) is 4.39. The first-order valence-electron chi connectivity index (χ1n) is 9.83. The Morgan fingerprint density at radius 2 is 1.86 bits per heavy atom. The topological polar surface area (TPSA) is 57.7 Å². The Hall–Kier alpha value is -2.34. The molecular formula is C22H26N2O3S. The average Bonchev–Trinajstić information content (AvgIpc) is 3.07. The van der Waals surface area contributed by atoms with Crippen LogP contribution in [-0.2, 0) is 21.2 Å². The minimum absolute atomic E-state index is 0.00944. The van der Waals surface area contributed by atoms with Crippen LogP contribution < -0.4 is 9.21 Å². The molecule has 28 heavy (non-hydrogen) atoms. The van der Waals surface area contributed by atoms with Gasteiger partial charge in [-0.1, -0.05) is 32.0 Å². The second-order valence-corrected chi connectivity index (χ2v) is 9.87. The van der Waals surface area contributed by atoms with Gasteiger partial charge in [-0.15, -0.1) is 0 Å². The van der Waals surface area contributed by atoms with E-state index in [1.807, 2.05) is 24.3 Å². The monoisotopic (exact) mass is 398 g/mol. The van der Waals surface area contributed by atoms with E-state index < -0.39 is 10.0 Å². The molecule has 148 valence electrons. The summed E-state index contributed by atoms with van der Waals surface area (Å²) >= 11 is 0. The van der Waals surface area contributed by atoms with Gasteiger partial charge in [0.05, 0.1) is 10.6 Å². The highest BCUT2D eigenvalue weighted by Gasteiger charge is 2.38. The van der Waals surface area contributed by atoms with Gasteiger partial charge in [0.1, 0.15) is 0 Å². The molecule has 0 saturated heterocycles. The summed E-state index contributed by atoms with van der Waals surface area (Å²) < 4.78 is 28.6. The van der Waals surface area contributed by atoms with Crippen LogP contribution in [0.25, 0.3) is 0 Å². The van der Waals surface area contributed by atoms with Crippen LogP contribution >= 0.6 is 0 Å². The molecule has 0 aromatic heterocycles. The summed E-state index contributed by atoms with van der Waals surface area (Å²) in [6, 6.07) is 13.0. The van der Waals surface area contributed by atoms with Crippen molar-refractivity contribution in [2.45, 2.75) is 44.4 Å². The molecule has 2 aliphatic heterocycles. The lowest BCUT2D eigenvalue weighted by Crippen LogP contribution is -2.34. The summed E-state index contributed by atoms with van der Waals surface area (Å²) in [5, 5.41) is 0. The predicted molar refractivity (Wildman–Crippen MR) is 111 cm³/mol. The van der Waals surface area contributed by atoms with Crippen molar-refractivity contribution < 1.29 is 13.2 Å². The minimum Gasteiger partial charge on any atom is -0.312 e. The van der Waals surface area contributed by atoms with Gasteiger partial charge in [-0.2, -0.15) is 0 Å². The maximum Gasteiger partial charge on any atom is 0.264 e. The van der Waals surface area contributed by atoms with Crippen LogP contribution in [0.1, 0.15) is 44.2 Å². The first-order valence-corrected chi connectivity index (χ1v) is 11.3. The largest absolute Gasteiger partial charge is 0.312 e. The third-order valence-electron chi connectivity index (χ3n) is 5.91.